The molecule has 5 atom stereocenters. The number of carbonyl (C=O) groups is 3. The molecule has 1 aliphatic heterocycles. The predicted octanol–water partition coefficient (Wildman–Crippen LogP) is -0.0917. The summed E-state index contributed by atoms with van der Waals surface area (Å²) in [6.07, 6.45) is -3.07. The average Bonchev–Trinajstić information content (AvgIpc) is 2.57. The first-order valence-corrected chi connectivity index (χ1v) is 8.84. The molecule has 0 aromatic heterocycles. The molecule has 1 rings (SSSR count). The van der Waals surface area contributed by atoms with Crippen LogP contribution in [0.15, 0.2) is 0 Å². The lowest BCUT2D eigenvalue weighted by Crippen LogP contribution is -2.64. The Morgan fingerprint density at radius 3 is 2.11 bits per heavy atom. The molecule has 1 fully saturated rings. The number of hydrogen-bond acceptors (Lipinski definition) is 10. The highest BCUT2D eigenvalue weighted by molar-refractivity contribution is 5.67. The van der Waals surface area contributed by atoms with Crippen molar-refractivity contribution in [2.24, 2.45) is 5.73 Å². The minimum Gasteiger partial charge on any atom is -0.463 e. The van der Waals surface area contributed by atoms with E-state index in [-0.39, 0.29) is 13.2 Å². The fourth-order valence-electron chi connectivity index (χ4n) is 2.55. The van der Waals surface area contributed by atoms with Crippen molar-refractivity contribution in [3.05, 3.63) is 0 Å². The Hall–Kier alpha value is -1.75. The summed E-state index contributed by atoms with van der Waals surface area (Å²) in [5, 5.41) is 0. The second-order valence-corrected chi connectivity index (χ2v) is 6.05. The average molecular weight is 391 g/mol. The number of ether oxygens (including phenoxy) is 6. The van der Waals surface area contributed by atoms with Crippen molar-refractivity contribution in [2.45, 2.75) is 64.8 Å². The molecule has 10 heteroatoms. The summed E-state index contributed by atoms with van der Waals surface area (Å²) in [6.45, 7) is 6.54. The van der Waals surface area contributed by atoms with Crippen molar-refractivity contribution in [3.8, 4) is 0 Å². The summed E-state index contributed by atoms with van der Waals surface area (Å²) in [7, 11) is 0. The number of nitrogens with two attached hydrogens (primary N) is 1. The van der Waals surface area contributed by atoms with E-state index in [0.29, 0.717) is 13.2 Å². The maximum atomic E-state index is 11.5. The van der Waals surface area contributed by atoms with Gasteiger partial charge in [-0.15, -0.1) is 0 Å². The van der Waals surface area contributed by atoms with Crippen LogP contribution in [0, 0.1) is 0 Å². The van der Waals surface area contributed by atoms with Crippen LogP contribution < -0.4 is 5.73 Å². The summed E-state index contributed by atoms with van der Waals surface area (Å²) in [6, 6.07) is -0.919. The minimum atomic E-state index is -1.04. The standard InChI is InChI=1S/C17H29NO9/c1-5-6-22-7-8-23-17-14(18)16(26-12(4)21)15(25-11(3)20)13(27-17)9-24-10(2)19/h13-17H,5-9,18H2,1-4H3. The van der Waals surface area contributed by atoms with E-state index >= 15 is 0 Å². The molecule has 2 N–H and O–H groups in total. The molecule has 0 aliphatic carbocycles. The molecule has 0 radical (unpaired) electrons. The Bertz CT molecular complexity index is 499. The number of esters is 3. The Labute approximate surface area is 158 Å². The Balaban J connectivity index is 2.89. The maximum Gasteiger partial charge on any atom is 0.303 e. The molecule has 1 heterocycles. The number of rotatable bonds is 10. The quantitative estimate of drug-likeness (QED) is 0.306. The summed E-state index contributed by atoms with van der Waals surface area (Å²) in [5.41, 5.74) is 6.13. The molecular formula is C17H29NO9. The van der Waals surface area contributed by atoms with Gasteiger partial charge in [0, 0.05) is 27.4 Å². The van der Waals surface area contributed by atoms with E-state index in [1.165, 1.54) is 20.8 Å². The van der Waals surface area contributed by atoms with Gasteiger partial charge < -0.3 is 34.2 Å². The van der Waals surface area contributed by atoms with E-state index in [1.807, 2.05) is 6.92 Å². The third-order valence-electron chi connectivity index (χ3n) is 3.61. The summed E-state index contributed by atoms with van der Waals surface area (Å²) >= 11 is 0. The van der Waals surface area contributed by atoms with Crippen LogP contribution >= 0.6 is 0 Å². The van der Waals surface area contributed by atoms with Crippen LogP contribution in [0.4, 0.5) is 0 Å². The van der Waals surface area contributed by atoms with Crippen molar-refractivity contribution < 1.29 is 42.8 Å². The normalized spacial score (nSPS) is 27.7. The first-order chi connectivity index (χ1) is 12.8. The minimum absolute atomic E-state index is 0.198. The summed E-state index contributed by atoms with van der Waals surface area (Å²) < 4.78 is 32.1. The van der Waals surface area contributed by atoms with Crippen molar-refractivity contribution in [1.29, 1.82) is 0 Å². The zero-order chi connectivity index (χ0) is 20.4. The molecule has 0 bridgehead atoms. The van der Waals surface area contributed by atoms with Gasteiger partial charge in [-0.3, -0.25) is 14.4 Å². The lowest BCUT2D eigenvalue weighted by Gasteiger charge is -2.43. The molecule has 0 saturated carbocycles. The zero-order valence-corrected chi connectivity index (χ0v) is 16.2. The van der Waals surface area contributed by atoms with Gasteiger partial charge in [0.2, 0.25) is 0 Å². The predicted molar refractivity (Wildman–Crippen MR) is 91.4 cm³/mol. The van der Waals surface area contributed by atoms with Gasteiger partial charge in [-0.25, -0.2) is 0 Å². The monoisotopic (exact) mass is 391 g/mol. The smallest absolute Gasteiger partial charge is 0.303 e. The fourth-order valence-corrected chi connectivity index (χ4v) is 2.55. The van der Waals surface area contributed by atoms with Gasteiger partial charge in [-0.05, 0) is 6.42 Å². The highest BCUT2D eigenvalue weighted by atomic mass is 16.7. The van der Waals surface area contributed by atoms with E-state index in [0.717, 1.165) is 6.42 Å². The zero-order valence-electron chi connectivity index (χ0n) is 16.2. The van der Waals surface area contributed by atoms with E-state index in [1.54, 1.807) is 0 Å². The van der Waals surface area contributed by atoms with Gasteiger partial charge in [0.25, 0.3) is 0 Å². The van der Waals surface area contributed by atoms with Crippen LogP contribution in [0.3, 0.4) is 0 Å². The Morgan fingerprint density at radius 1 is 0.926 bits per heavy atom. The molecule has 27 heavy (non-hydrogen) atoms. The fraction of sp³-hybridized carbons (Fsp3) is 0.824. The molecule has 0 aromatic rings. The molecular weight excluding hydrogens is 362 g/mol. The van der Waals surface area contributed by atoms with E-state index in [2.05, 4.69) is 0 Å². The second-order valence-electron chi connectivity index (χ2n) is 6.05. The second kappa shape index (κ2) is 11.9. The first-order valence-electron chi connectivity index (χ1n) is 8.84. The maximum absolute atomic E-state index is 11.5. The first kappa shape index (κ1) is 23.3. The molecule has 0 amide bonds. The van der Waals surface area contributed by atoms with Crippen LogP contribution in [0.2, 0.25) is 0 Å². The third-order valence-corrected chi connectivity index (χ3v) is 3.61. The van der Waals surface area contributed by atoms with E-state index in [4.69, 9.17) is 34.2 Å². The lowest BCUT2D eigenvalue weighted by molar-refractivity contribution is -0.275. The summed E-state index contributed by atoms with van der Waals surface area (Å²) in [4.78, 5) is 34.1. The van der Waals surface area contributed by atoms with Crippen molar-refractivity contribution in [3.63, 3.8) is 0 Å². The number of carbonyl (C=O) groups excluding carboxylic acids is 3. The van der Waals surface area contributed by atoms with E-state index < -0.39 is 48.6 Å². The van der Waals surface area contributed by atoms with Gasteiger partial charge >= 0.3 is 17.9 Å². The molecule has 0 aromatic carbocycles. The molecule has 10 nitrogen and oxygen atoms in total. The van der Waals surface area contributed by atoms with Gasteiger partial charge in [-0.2, -0.15) is 0 Å². The van der Waals surface area contributed by atoms with Gasteiger partial charge in [0.15, 0.2) is 18.5 Å². The Kier molecular flexibility index (Phi) is 10.2. The molecule has 156 valence electrons. The molecule has 1 aliphatic rings. The van der Waals surface area contributed by atoms with Gasteiger partial charge in [0.1, 0.15) is 12.7 Å². The molecule has 0 spiro atoms. The lowest BCUT2D eigenvalue weighted by atomic mass is 9.97. The van der Waals surface area contributed by atoms with Crippen LogP contribution in [0.25, 0.3) is 0 Å². The van der Waals surface area contributed by atoms with Crippen LogP contribution in [-0.2, 0) is 42.8 Å². The summed E-state index contributed by atoms with van der Waals surface area (Å²) in [5.74, 6) is -1.76. The highest BCUT2D eigenvalue weighted by Gasteiger charge is 2.49. The number of hydrogen-bond donors (Lipinski definition) is 1. The van der Waals surface area contributed by atoms with Gasteiger partial charge in [0.05, 0.1) is 19.3 Å². The van der Waals surface area contributed by atoms with Crippen molar-refractivity contribution >= 4 is 17.9 Å². The van der Waals surface area contributed by atoms with Crippen molar-refractivity contribution in [2.75, 3.05) is 26.4 Å². The SMILES string of the molecule is CCCOCCOC1OC(COC(C)=O)C(OC(C)=O)C(OC(C)=O)C1N. The van der Waals surface area contributed by atoms with Crippen LogP contribution in [-0.4, -0.2) is 75.0 Å². The topological polar surface area (TPSA) is 133 Å². The Morgan fingerprint density at radius 2 is 1.56 bits per heavy atom. The van der Waals surface area contributed by atoms with Crippen LogP contribution in [0.5, 0.6) is 0 Å². The molecule has 1 saturated heterocycles. The van der Waals surface area contributed by atoms with Gasteiger partial charge in [-0.1, -0.05) is 6.92 Å². The highest BCUT2D eigenvalue weighted by Crippen LogP contribution is 2.26. The van der Waals surface area contributed by atoms with Crippen LogP contribution in [0.1, 0.15) is 34.1 Å². The third kappa shape index (κ3) is 8.21. The van der Waals surface area contributed by atoms with Crippen molar-refractivity contribution in [1.82, 2.24) is 0 Å². The largest absolute Gasteiger partial charge is 0.463 e. The van der Waals surface area contributed by atoms with E-state index in [9.17, 15) is 14.4 Å². The molecule has 5 unspecified atom stereocenters.